The summed E-state index contributed by atoms with van der Waals surface area (Å²) in [4.78, 5) is 50.9. The highest BCUT2D eigenvalue weighted by molar-refractivity contribution is 6.11. The van der Waals surface area contributed by atoms with Gasteiger partial charge in [0.25, 0.3) is 5.91 Å². The van der Waals surface area contributed by atoms with E-state index in [0.29, 0.717) is 30.0 Å². The fraction of sp³-hybridized carbons (Fsp3) is 0.273. The third-order valence-electron chi connectivity index (χ3n) is 5.54. The number of fused-ring (bicyclic) bond motifs is 2. The first-order valence-corrected chi connectivity index (χ1v) is 9.82. The van der Waals surface area contributed by atoms with Gasteiger partial charge in [0.1, 0.15) is 17.8 Å². The molecule has 1 fully saturated rings. The second kappa shape index (κ2) is 7.75. The van der Waals surface area contributed by atoms with Crippen LogP contribution in [0.5, 0.6) is 5.75 Å². The van der Waals surface area contributed by atoms with Crippen LogP contribution in [0.25, 0.3) is 0 Å². The molecule has 1 heterocycles. The van der Waals surface area contributed by atoms with Crippen molar-refractivity contribution in [3.8, 4) is 5.75 Å². The number of benzene rings is 2. The lowest BCUT2D eigenvalue weighted by atomic mass is 9.92. The number of nitrogens with zero attached hydrogens (tertiary/aromatic N) is 1. The molecule has 5 amide bonds. The maximum Gasteiger partial charge on any atom is 0.325 e. The third kappa shape index (κ3) is 3.58. The van der Waals surface area contributed by atoms with Gasteiger partial charge in [0.05, 0.1) is 18.5 Å². The molecule has 2 aromatic carbocycles. The lowest BCUT2D eigenvalue weighted by Crippen LogP contribution is -2.43. The van der Waals surface area contributed by atoms with Gasteiger partial charge in [-0.15, -0.1) is 0 Å². The number of hydrogen-bond acceptors (Lipinski definition) is 5. The van der Waals surface area contributed by atoms with Crippen LogP contribution < -0.4 is 20.7 Å². The minimum Gasteiger partial charge on any atom is -0.497 e. The predicted molar refractivity (Wildman–Crippen MR) is 113 cm³/mol. The van der Waals surface area contributed by atoms with Gasteiger partial charge in [-0.05, 0) is 36.1 Å². The van der Waals surface area contributed by atoms with Gasteiger partial charge in [0.2, 0.25) is 11.8 Å². The highest BCUT2D eigenvalue weighted by atomic mass is 16.5. The SMILES string of the molecule is COc1ccc(NC(C)=O)c(NC(=O)CN2C(=O)NC3(CCc4ccccc43)C2=O)c1. The molecular weight excluding hydrogens is 400 g/mol. The number of nitrogens with one attached hydrogen (secondary N) is 3. The van der Waals surface area contributed by atoms with E-state index in [1.54, 1.807) is 18.2 Å². The van der Waals surface area contributed by atoms with Crippen molar-refractivity contribution < 1.29 is 23.9 Å². The summed E-state index contributed by atoms with van der Waals surface area (Å²) in [5, 5.41) is 8.06. The van der Waals surface area contributed by atoms with Crippen molar-refractivity contribution in [2.75, 3.05) is 24.3 Å². The number of imide groups is 1. The fourth-order valence-electron chi connectivity index (χ4n) is 4.12. The Morgan fingerprint density at radius 2 is 1.90 bits per heavy atom. The maximum absolute atomic E-state index is 13.2. The summed E-state index contributed by atoms with van der Waals surface area (Å²) in [5.41, 5.74) is 1.34. The van der Waals surface area contributed by atoms with E-state index in [2.05, 4.69) is 16.0 Å². The Labute approximate surface area is 178 Å². The van der Waals surface area contributed by atoms with Crippen LogP contribution in [-0.2, 0) is 26.3 Å². The van der Waals surface area contributed by atoms with Crippen molar-refractivity contribution >= 4 is 35.1 Å². The molecule has 160 valence electrons. The van der Waals surface area contributed by atoms with E-state index in [-0.39, 0.29) is 5.91 Å². The Morgan fingerprint density at radius 3 is 2.65 bits per heavy atom. The molecular formula is C22H22N4O5. The molecule has 31 heavy (non-hydrogen) atoms. The first-order chi connectivity index (χ1) is 14.8. The number of aryl methyl sites for hydroxylation is 1. The quantitative estimate of drug-likeness (QED) is 0.637. The van der Waals surface area contributed by atoms with Crippen LogP contribution in [-0.4, -0.2) is 42.3 Å². The molecule has 9 nitrogen and oxygen atoms in total. The molecule has 1 unspecified atom stereocenters. The number of rotatable bonds is 5. The molecule has 2 aromatic rings. The first-order valence-electron chi connectivity index (χ1n) is 9.82. The average molecular weight is 422 g/mol. The van der Waals surface area contributed by atoms with E-state index in [0.717, 1.165) is 16.0 Å². The molecule has 0 bridgehead atoms. The second-order valence-corrected chi connectivity index (χ2v) is 7.52. The molecule has 0 saturated carbocycles. The smallest absolute Gasteiger partial charge is 0.325 e. The maximum atomic E-state index is 13.2. The van der Waals surface area contributed by atoms with E-state index >= 15 is 0 Å². The first kappa shape index (κ1) is 20.4. The number of hydrogen-bond donors (Lipinski definition) is 3. The van der Waals surface area contributed by atoms with Gasteiger partial charge in [-0.25, -0.2) is 4.79 Å². The molecule has 3 N–H and O–H groups in total. The largest absolute Gasteiger partial charge is 0.497 e. The average Bonchev–Trinajstić information content (AvgIpc) is 3.22. The topological polar surface area (TPSA) is 117 Å². The number of methoxy groups -OCH3 is 1. The fourth-order valence-corrected chi connectivity index (χ4v) is 4.12. The summed E-state index contributed by atoms with van der Waals surface area (Å²) in [6.45, 7) is 0.896. The van der Waals surface area contributed by atoms with Gasteiger partial charge >= 0.3 is 6.03 Å². The predicted octanol–water partition coefficient (Wildman–Crippen LogP) is 1.99. The zero-order valence-electron chi connectivity index (χ0n) is 17.2. The van der Waals surface area contributed by atoms with Crippen LogP contribution in [0.1, 0.15) is 24.5 Å². The molecule has 0 aromatic heterocycles. The molecule has 2 aliphatic rings. The minimum atomic E-state index is -1.12. The van der Waals surface area contributed by atoms with Crippen molar-refractivity contribution in [3.05, 3.63) is 53.6 Å². The molecule has 1 aliphatic heterocycles. The van der Waals surface area contributed by atoms with Gasteiger partial charge in [-0.1, -0.05) is 24.3 Å². The summed E-state index contributed by atoms with van der Waals surface area (Å²) < 4.78 is 5.17. The van der Waals surface area contributed by atoms with Crippen molar-refractivity contribution in [2.45, 2.75) is 25.3 Å². The Hall–Kier alpha value is -3.88. The van der Waals surface area contributed by atoms with E-state index in [1.165, 1.54) is 14.0 Å². The number of urea groups is 1. The van der Waals surface area contributed by atoms with Gasteiger partial charge in [-0.2, -0.15) is 0 Å². The number of carbonyl (C=O) groups is 4. The molecule has 1 spiro atoms. The second-order valence-electron chi connectivity index (χ2n) is 7.52. The summed E-state index contributed by atoms with van der Waals surface area (Å²) >= 11 is 0. The Bertz CT molecular complexity index is 1100. The Morgan fingerprint density at radius 1 is 1.13 bits per heavy atom. The van der Waals surface area contributed by atoms with Crippen molar-refractivity contribution in [2.24, 2.45) is 0 Å². The number of amides is 5. The molecule has 1 saturated heterocycles. The van der Waals surface area contributed by atoms with E-state index in [4.69, 9.17) is 4.74 Å². The van der Waals surface area contributed by atoms with Crippen LogP contribution in [0.15, 0.2) is 42.5 Å². The van der Waals surface area contributed by atoms with Crippen LogP contribution in [0.4, 0.5) is 16.2 Å². The Balaban J connectivity index is 1.53. The van der Waals surface area contributed by atoms with E-state index in [1.807, 2.05) is 24.3 Å². The number of carbonyl (C=O) groups excluding carboxylic acids is 4. The summed E-state index contributed by atoms with van der Waals surface area (Å²) in [6, 6.07) is 11.7. The Kier molecular flexibility index (Phi) is 5.10. The standard InChI is InChI=1S/C22H22N4O5/c1-13(27)23-17-8-7-15(31-2)11-18(17)24-19(28)12-26-20(29)22(25-21(26)30)10-9-14-5-3-4-6-16(14)22/h3-8,11H,9-10,12H2,1-2H3,(H,23,27)(H,24,28)(H,25,30). The third-order valence-corrected chi connectivity index (χ3v) is 5.54. The lowest BCUT2D eigenvalue weighted by Gasteiger charge is -2.22. The zero-order chi connectivity index (χ0) is 22.2. The van der Waals surface area contributed by atoms with Crippen molar-refractivity contribution in [3.63, 3.8) is 0 Å². The van der Waals surface area contributed by atoms with Crippen molar-refractivity contribution in [1.29, 1.82) is 0 Å². The van der Waals surface area contributed by atoms with E-state index < -0.39 is 29.9 Å². The van der Waals surface area contributed by atoms with Crippen LogP contribution in [0, 0.1) is 0 Å². The normalized spacial score (nSPS) is 19.2. The number of anilines is 2. The van der Waals surface area contributed by atoms with Gasteiger partial charge in [-0.3, -0.25) is 19.3 Å². The van der Waals surface area contributed by atoms with E-state index in [9.17, 15) is 19.2 Å². The molecule has 1 atom stereocenters. The zero-order valence-corrected chi connectivity index (χ0v) is 17.2. The molecule has 1 aliphatic carbocycles. The van der Waals surface area contributed by atoms with Gasteiger partial charge in [0.15, 0.2) is 0 Å². The van der Waals surface area contributed by atoms with Crippen molar-refractivity contribution in [1.82, 2.24) is 10.2 Å². The van der Waals surface area contributed by atoms with Crippen LogP contribution >= 0.6 is 0 Å². The van der Waals surface area contributed by atoms with Crippen LogP contribution in [0.2, 0.25) is 0 Å². The molecule has 0 radical (unpaired) electrons. The highest BCUT2D eigenvalue weighted by Crippen LogP contribution is 2.41. The molecule has 9 heteroatoms. The van der Waals surface area contributed by atoms with Gasteiger partial charge in [0, 0.05) is 13.0 Å². The lowest BCUT2D eigenvalue weighted by molar-refractivity contribution is -0.134. The number of ether oxygens (including phenoxy) is 1. The summed E-state index contributed by atoms with van der Waals surface area (Å²) in [7, 11) is 1.48. The highest BCUT2D eigenvalue weighted by Gasteiger charge is 2.55. The monoisotopic (exact) mass is 422 g/mol. The summed E-state index contributed by atoms with van der Waals surface area (Å²) in [6.07, 6.45) is 1.13. The van der Waals surface area contributed by atoms with Crippen LogP contribution in [0.3, 0.4) is 0 Å². The summed E-state index contributed by atoms with van der Waals surface area (Å²) in [5.74, 6) is -0.852. The molecule has 4 rings (SSSR count). The van der Waals surface area contributed by atoms with Gasteiger partial charge < -0.3 is 20.7 Å². The minimum absolute atomic E-state index is 0.299.